The lowest BCUT2D eigenvalue weighted by molar-refractivity contribution is -0.147. The molecule has 0 aromatic heterocycles. The standard InChI is InChI=1S/C15H27NO2/c1-2-12-8-10-15(11-9-12,14(17)18)16-13-6-4-3-5-7-13/h12-13,16H,2-11H2,1H3,(H,17,18). The Labute approximate surface area is 110 Å². The van der Waals surface area contributed by atoms with Crippen LogP contribution in [0.1, 0.15) is 71.1 Å². The molecule has 0 spiro atoms. The van der Waals surface area contributed by atoms with Gasteiger partial charge in [-0.2, -0.15) is 0 Å². The van der Waals surface area contributed by atoms with E-state index in [4.69, 9.17) is 0 Å². The molecule has 0 radical (unpaired) electrons. The van der Waals surface area contributed by atoms with Gasteiger partial charge in [0.2, 0.25) is 0 Å². The second kappa shape index (κ2) is 6.05. The second-order valence-electron chi connectivity index (χ2n) is 6.22. The fraction of sp³-hybridized carbons (Fsp3) is 0.933. The topological polar surface area (TPSA) is 49.3 Å². The van der Waals surface area contributed by atoms with E-state index in [0.717, 1.165) is 44.4 Å². The highest BCUT2D eigenvalue weighted by Crippen LogP contribution is 2.35. The van der Waals surface area contributed by atoms with Crippen molar-refractivity contribution in [3.63, 3.8) is 0 Å². The van der Waals surface area contributed by atoms with Crippen molar-refractivity contribution >= 4 is 5.97 Å². The highest BCUT2D eigenvalue weighted by atomic mass is 16.4. The largest absolute Gasteiger partial charge is 0.480 e. The van der Waals surface area contributed by atoms with Gasteiger partial charge in [0.15, 0.2) is 0 Å². The van der Waals surface area contributed by atoms with Crippen molar-refractivity contribution in [2.24, 2.45) is 5.92 Å². The highest BCUT2D eigenvalue weighted by molar-refractivity contribution is 5.79. The zero-order chi connectivity index (χ0) is 13.0. The summed E-state index contributed by atoms with van der Waals surface area (Å²) in [6.07, 6.45) is 11.1. The van der Waals surface area contributed by atoms with Gasteiger partial charge in [0.25, 0.3) is 0 Å². The Hall–Kier alpha value is -0.570. The molecule has 2 rings (SSSR count). The Kier molecular flexibility index (Phi) is 4.66. The molecule has 0 heterocycles. The van der Waals surface area contributed by atoms with Gasteiger partial charge in [0.05, 0.1) is 0 Å². The van der Waals surface area contributed by atoms with Crippen LogP contribution >= 0.6 is 0 Å². The molecule has 0 aliphatic heterocycles. The fourth-order valence-electron chi connectivity index (χ4n) is 3.64. The van der Waals surface area contributed by atoms with Gasteiger partial charge in [-0.3, -0.25) is 10.1 Å². The maximum absolute atomic E-state index is 11.7. The molecule has 0 saturated heterocycles. The van der Waals surface area contributed by atoms with E-state index >= 15 is 0 Å². The lowest BCUT2D eigenvalue weighted by atomic mass is 9.74. The Morgan fingerprint density at radius 2 is 1.78 bits per heavy atom. The number of nitrogens with one attached hydrogen (secondary N) is 1. The van der Waals surface area contributed by atoms with Crippen LogP contribution < -0.4 is 5.32 Å². The molecule has 18 heavy (non-hydrogen) atoms. The summed E-state index contributed by atoms with van der Waals surface area (Å²) in [6, 6.07) is 0.438. The van der Waals surface area contributed by atoms with Gasteiger partial charge in [-0.05, 0) is 44.4 Å². The van der Waals surface area contributed by atoms with Gasteiger partial charge in [-0.15, -0.1) is 0 Å². The van der Waals surface area contributed by atoms with Crippen molar-refractivity contribution < 1.29 is 9.90 Å². The molecular formula is C15H27NO2. The summed E-state index contributed by atoms with van der Waals surface area (Å²) in [5.74, 6) is 0.119. The van der Waals surface area contributed by atoms with Gasteiger partial charge in [0.1, 0.15) is 5.54 Å². The number of carboxylic acid groups (broad SMARTS) is 1. The number of aliphatic carboxylic acids is 1. The fourth-order valence-corrected chi connectivity index (χ4v) is 3.64. The molecule has 0 unspecified atom stereocenters. The molecule has 2 fully saturated rings. The van der Waals surface area contributed by atoms with Crippen LogP contribution in [-0.2, 0) is 4.79 Å². The van der Waals surface area contributed by atoms with Crippen molar-refractivity contribution in [1.29, 1.82) is 0 Å². The maximum Gasteiger partial charge on any atom is 0.323 e. The number of carboxylic acids is 1. The SMILES string of the molecule is CCC1CCC(NC2CCCCC2)(C(=O)O)CC1. The smallest absolute Gasteiger partial charge is 0.323 e. The van der Waals surface area contributed by atoms with Gasteiger partial charge < -0.3 is 5.11 Å². The van der Waals surface area contributed by atoms with Gasteiger partial charge in [0, 0.05) is 6.04 Å². The van der Waals surface area contributed by atoms with Gasteiger partial charge >= 0.3 is 5.97 Å². The minimum atomic E-state index is -0.623. The van der Waals surface area contributed by atoms with E-state index in [0.29, 0.717) is 6.04 Å². The Morgan fingerprint density at radius 1 is 1.17 bits per heavy atom. The van der Waals surface area contributed by atoms with Crippen molar-refractivity contribution in [3.8, 4) is 0 Å². The number of carbonyl (C=O) groups is 1. The number of rotatable bonds is 4. The van der Waals surface area contributed by atoms with E-state index in [1.54, 1.807) is 0 Å². The predicted octanol–water partition coefficient (Wildman–Crippen LogP) is 3.33. The second-order valence-corrected chi connectivity index (χ2v) is 6.22. The molecule has 3 nitrogen and oxygen atoms in total. The van der Waals surface area contributed by atoms with Crippen molar-refractivity contribution in [1.82, 2.24) is 5.32 Å². The average Bonchev–Trinajstić information content (AvgIpc) is 2.40. The quantitative estimate of drug-likeness (QED) is 0.808. The summed E-state index contributed by atoms with van der Waals surface area (Å²) in [7, 11) is 0. The average molecular weight is 253 g/mol. The van der Waals surface area contributed by atoms with E-state index in [2.05, 4.69) is 12.2 Å². The van der Waals surface area contributed by atoms with E-state index in [9.17, 15) is 9.90 Å². The van der Waals surface area contributed by atoms with Crippen LogP contribution in [0.3, 0.4) is 0 Å². The van der Waals surface area contributed by atoms with Crippen LogP contribution in [0, 0.1) is 5.92 Å². The summed E-state index contributed by atoms with van der Waals surface area (Å²) in [6.45, 7) is 2.22. The van der Waals surface area contributed by atoms with Crippen molar-refractivity contribution in [2.75, 3.05) is 0 Å². The first kappa shape index (κ1) is 13.9. The summed E-state index contributed by atoms with van der Waals surface area (Å²) in [4.78, 5) is 11.7. The monoisotopic (exact) mass is 253 g/mol. The summed E-state index contributed by atoms with van der Waals surface area (Å²) in [5.41, 5.74) is -0.617. The molecular weight excluding hydrogens is 226 g/mol. The van der Waals surface area contributed by atoms with Crippen LogP contribution in [0.15, 0.2) is 0 Å². The Balaban J connectivity index is 1.96. The minimum Gasteiger partial charge on any atom is -0.480 e. The lowest BCUT2D eigenvalue weighted by Gasteiger charge is -2.41. The maximum atomic E-state index is 11.7. The molecule has 0 bridgehead atoms. The van der Waals surface area contributed by atoms with E-state index < -0.39 is 11.5 Å². The van der Waals surface area contributed by atoms with Gasteiger partial charge in [-0.25, -0.2) is 0 Å². The molecule has 0 aromatic rings. The molecule has 0 atom stereocenters. The minimum absolute atomic E-state index is 0.438. The predicted molar refractivity (Wildman–Crippen MR) is 72.6 cm³/mol. The lowest BCUT2D eigenvalue weighted by Crippen LogP contribution is -2.58. The molecule has 3 heteroatoms. The number of hydrogen-bond donors (Lipinski definition) is 2. The van der Waals surface area contributed by atoms with Crippen molar-refractivity contribution in [3.05, 3.63) is 0 Å². The molecule has 2 saturated carbocycles. The molecule has 0 aromatic carbocycles. The van der Waals surface area contributed by atoms with E-state index in [-0.39, 0.29) is 0 Å². The van der Waals surface area contributed by atoms with Crippen molar-refractivity contribution in [2.45, 2.75) is 82.7 Å². The Morgan fingerprint density at radius 3 is 2.28 bits per heavy atom. The first-order valence-electron chi connectivity index (χ1n) is 7.67. The van der Waals surface area contributed by atoms with Crippen LogP contribution in [0.2, 0.25) is 0 Å². The highest BCUT2D eigenvalue weighted by Gasteiger charge is 2.42. The molecule has 2 N–H and O–H groups in total. The van der Waals surface area contributed by atoms with Gasteiger partial charge in [-0.1, -0.05) is 32.6 Å². The summed E-state index contributed by atoms with van der Waals surface area (Å²) >= 11 is 0. The molecule has 104 valence electrons. The van der Waals surface area contributed by atoms with E-state index in [1.165, 1.54) is 25.7 Å². The third kappa shape index (κ3) is 3.05. The normalized spacial score (nSPS) is 34.4. The first-order chi connectivity index (χ1) is 8.66. The molecule has 0 amide bonds. The van der Waals surface area contributed by atoms with Crippen LogP contribution in [0.25, 0.3) is 0 Å². The summed E-state index contributed by atoms with van der Waals surface area (Å²) < 4.78 is 0. The van der Waals surface area contributed by atoms with E-state index in [1.807, 2.05) is 0 Å². The first-order valence-corrected chi connectivity index (χ1v) is 7.67. The van der Waals surface area contributed by atoms with Crippen LogP contribution in [-0.4, -0.2) is 22.7 Å². The Bertz CT molecular complexity index is 276. The summed E-state index contributed by atoms with van der Waals surface area (Å²) in [5, 5.41) is 13.1. The third-order valence-electron chi connectivity index (χ3n) is 5.03. The number of hydrogen-bond acceptors (Lipinski definition) is 2. The molecule has 2 aliphatic carbocycles. The zero-order valence-electron chi connectivity index (χ0n) is 11.6. The van der Waals surface area contributed by atoms with Crippen LogP contribution in [0.4, 0.5) is 0 Å². The zero-order valence-corrected chi connectivity index (χ0v) is 11.6. The molecule has 2 aliphatic rings. The van der Waals surface area contributed by atoms with Crippen LogP contribution in [0.5, 0.6) is 0 Å². The third-order valence-corrected chi connectivity index (χ3v) is 5.03.